The number of carbonyl (C=O) groups excluding carboxylic acids is 1. The van der Waals surface area contributed by atoms with Gasteiger partial charge in [0.05, 0.1) is 6.10 Å². The van der Waals surface area contributed by atoms with E-state index in [1.54, 1.807) is 4.90 Å². The van der Waals surface area contributed by atoms with Gasteiger partial charge in [-0.1, -0.05) is 12.1 Å². The second-order valence-electron chi connectivity index (χ2n) is 4.57. The van der Waals surface area contributed by atoms with Gasteiger partial charge in [-0.3, -0.25) is 0 Å². The molecule has 0 bridgehead atoms. The second kappa shape index (κ2) is 5.84. The van der Waals surface area contributed by atoms with Crippen LogP contribution in [0, 0.1) is 0 Å². The zero-order valence-corrected chi connectivity index (χ0v) is 10.3. The van der Waals surface area contributed by atoms with Crippen LogP contribution in [0.2, 0.25) is 0 Å². The smallest absolute Gasteiger partial charge is 0.321 e. The molecule has 1 aromatic rings. The Morgan fingerprint density at radius 2 is 2.17 bits per heavy atom. The van der Waals surface area contributed by atoms with Gasteiger partial charge in [0.2, 0.25) is 0 Å². The molecule has 1 aromatic carbocycles. The average Bonchev–Trinajstić information content (AvgIpc) is 2.39. The van der Waals surface area contributed by atoms with Crippen LogP contribution < -0.4 is 11.1 Å². The summed E-state index contributed by atoms with van der Waals surface area (Å²) in [5.41, 5.74) is 7.29. The summed E-state index contributed by atoms with van der Waals surface area (Å²) >= 11 is 0. The Morgan fingerprint density at radius 3 is 2.78 bits per heavy atom. The molecular formula is C13H19N3O2. The molecule has 1 heterocycles. The minimum absolute atomic E-state index is 0.158. The van der Waals surface area contributed by atoms with Crippen molar-refractivity contribution in [1.82, 2.24) is 4.90 Å². The normalized spacial score (nSPS) is 19.7. The maximum Gasteiger partial charge on any atom is 0.321 e. The molecule has 18 heavy (non-hydrogen) atoms. The van der Waals surface area contributed by atoms with Crippen molar-refractivity contribution < 1.29 is 9.90 Å². The maximum atomic E-state index is 11.9. The van der Waals surface area contributed by atoms with Crippen molar-refractivity contribution in [3.8, 4) is 0 Å². The number of aliphatic hydroxyl groups is 1. The fourth-order valence-electron chi connectivity index (χ4n) is 2.07. The van der Waals surface area contributed by atoms with Crippen LogP contribution in [0.4, 0.5) is 10.5 Å². The predicted molar refractivity (Wildman–Crippen MR) is 70.2 cm³/mol. The summed E-state index contributed by atoms with van der Waals surface area (Å²) in [6.45, 7) is 1.60. The van der Waals surface area contributed by atoms with Crippen LogP contribution in [0.3, 0.4) is 0 Å². The van der Waals surface area contributed by atoms with Gasteiger partial charge in [0.1, 0.15) is 0 Å². The predicted octanol–water partition coefficient (Wildman–Crippen LogP) is 1.13. The van der Waals surface area contributed by atoms with E-state index in [-0.39, 0.29) is 6.03 Å². The van der Waals surface area contributed by atoms with Crippen LogP contribution in [0.5, 0.6) is 0 Å². The number of anilines is 1. The number of likely N-dealkylation sites (tertiary alicyclic amines) is 1. The maximum absolute atomic E-state index is 11.9. The third-order valence-electron chi connectivity index (χ3n) is 3.12. The third kappa shape index (κ3) is 3.21. The zero-order valence-electron chi connectivity index (χ0n) is 10.3. The number of rotatable bonds is 2. The number of nitrogens with one attached hydrogen (secondary N) is 1. The number of carbonyl (C=O) groups is 1. The molecule has 2 amide bonds. The zero-order chi connectivity index (χ0) is 13.0. The van der Waals surface area contributed by atoms with Gasteiger partial charge >= 0.3 is 6.03 Å². The van der Waals surface area contributed by atoms with Gasteiger partial charge in [-0.15, -0.1) is 0 Å². The van der Waals surface area contributed by atoms with Gasteiger partial charge in [-0.05, 0) is 30.5 Å². The van der Waals surface area contributed by atoms with Gasteiger partial charge in [-0.25, -0.2) is 4.79 Å². The van der Waals surface area contributed by atoms with Gasteiger partial charge in [0.25, 0.3) is 0 Å². The van der Waals surface area contributed by atoms with Gasteiger partial charge in [0, 0.05) is 25.3 Å². The van der Waals surface area contributed by atoms with Crippen molar-refractivity contribution in [3.05, 3.63) is 29.8 Å². The first kappa shape index (κ1) is 12.9. The Kier molecular flexibility index (Phi) is 4.17. The Morgan fingerprint density at radius 1 is 1.44 bits per heavy atom. The molecule has 1 aliphatic rings. The van der Waals surface area contributed by atoms with Crippen molar-refractivity contribution in [2.45, 2.75) is 25.5 Å². The highest BCUT2D eigenvalue weighted by atomic mass is 16.3. The number of piperidine rings is 1. The van der Waals surface area contributed by atoms with E-state index < -0.39 is 6.10 Å². The number of β-amino-alcohol motifs (C(OH)–C–C–N with tert-alkyl or cyclic N) is 1. The van der Waals surface area contributed by atoms with Crippen molar-refractivity contribution >= 4 is 11.7 Å². The highest BCUT2D eigenvalue weighted by Crippen LogP contribution is 2.13. The molecule has 2 rings (SSSR count). The van der Waals surface area contributed by atoms with Gasteiger partial charge in [0.15, 0.2) is 0 Å². The Labute approximate surface area is 107 Å². The van der Waals surface area contributed by atoms with Crippen molar-refractivity contribution in [1.29, 1.82) is 0 Å². The first-order valence-electron chi connectivity index (χ1n) is 6.22. The van der Waals surface area contributed by atoms with Crippen LogP contribution in [0.1, 0.15) is 18.4 Å². The lowest BCUT2D eigenvalue weighted by Crippen LogP contribution is -2.44. The van der Waals surface area contributed by atoms with Gasteiger partial charge in [-0.2, -0.15) is 0 Å². The van der Waals surface area contributed by atoms with E-state index in [0.717, 1.165) is 24.1 Å². The third-order valence-corrected chi connectivity index (χ3v) is 3.12. The monoisotopic (exact) mass is 249 g/mol. The molecular weight excluding hydrogens is 230 g/mol. The highest BCUT2D eigenvalue weighted by Gasteiger charge is 2.21. The molecule has 1 unspecified atom stereocenters. The molecule has 98 valence electrons. The summed E-state index contributed by atoms with van der Waals surface area (Å²) in [4.78, 5) is 13.6. The molecule has 0 aromatic heterocycles. The first-order chi connectivity index (χ1) is 8.69. The first-order valence-corrected chi connectivity index (χ1v) is 6.22. The van der Waals surface area contributed by atoms with Crippen molar-refractivity contribution in [2.75, 3.05) is 18.4 Å². The van der Waals surface area contributed by atoms with Crippen LogP contribution >= 0.6 is 0 Å². The summed E-state index contributed by atoms with van der Waals surface area (Å²) in [6, 6.07) is 7.29. The van der Waals surface area contributed by atoms with Crippen molar-refractivity contribution in [2.24, 2.45) is 5.73 Å². The Bertz CT molecular complexity index is 405. The summed E-state index contributed by atoms with van der Waals surface area (Å²) in [5, 5.41) is 12.3. The number of benzene rings is 1. The Balaban J connectivity index is 1.93. The molecule has 5 nitrogen and oxygen atoms in total. The SMILES string of the molecule is NCc1ccc(NC(=O)N2CCCC(O)C2)cc1. The lowest BCUT2D eigenvalue weighted by molar-refractivity contribution is 0.0883. The van der Waals surface area contributed by atoms with E-state index in [2.05, 4.69) is 5.32 Å². The lowest BCUT2D eigenvalue weighted by Gasteiger charge is -2.30. The Hall–Kier alpha value is -1.59. The minimum Gasteiger partial charge on any atom is -0.391 e. The van der Waals surface area contributed by atoms with Gasteiger partial charge < -0.3 is 21.1 Å². The minimum atomic E-state index is -0.399. The van der Waals surface area contributed by atoms with Crippen LogP contribution in [-0.4, -0.2) is 35.2 Å². The van der Waals surface area contributed by atoms with Crippen LogP contribution in [0.15, 0.2) is 24.3 Å². The van der Waals surface area contributed by atoms with E-state index in [1.165, 1.54) is 0 Å². The molecule has 1 atom stereocenters. The lowest BCUT2D eigenvalue weighted by atomic mass is 10.1. The fourth-order valence-corrected chi connectivity index (χ4v) is 2.07. The summed E-state index contributed by atoms with van der Waals surface area (Å²) in [7, 11) is 0. The molecule has 0 radical (unpaired) electrons. The number of hydrogen-bond donors (Lipinski definition) is 3. The largest absolute Gasteiger partial charge is 0.391 e. The number of nitrogens with two attached hydrogens (primary N) is 1. The standard InChI is InChI=1S/C13H19N3O2/c14-8-10-3-5-11(6-4-10)15-13(18)16-7-1-2-12(17)9-16/h3-6,12,17H,1-2,7-9,14H2,(H,15,18). The quantitative estimate of drug-likeness (QED) is 0.735. The van der Waals surface area contributed by atoms with E-state index in [1.807, 2.05) is 24.3 Å². The second-order valence-corrected chi connectivity index (χ2v) is 4.57. The fraction of sp³-hybridized carbons (Fsp3) is 0.462. The molecule has 4 N–H and O–H groups in total. The molecule has 1 saturated heterocycles. The van der Waals surface area contributed by atoms with Crippen molar-refractivity contribution in [3.63, 3.8) is 0 Å². The number of urea groups is 1. The van der Waals surface area contributed by atoms with E-state index in [9.17, 15) is 9.90 Å². The summed E-state index contributed by atoms with van der Waals surface area (Å²) < 4.78 is 0. The number of hydrogen-bond acceptors (Lipinski definition) is 3. The molecule has 5 heteroatoms. The van der Waals surface area contributed by atoms with Crippen LogP contribution in [-0.2, 0) is 6.54 Å². The number of nitrogens with zero attached hydrogens (tertiary/aromatic N) is 1. The average molecular weight is 249 g/mol. The molecule has 0 spiro atoms. The van der Waals surface area contributed by atoms with E-state index in [4.69, 9.17) is 5.73 Å². The summed E-state index contributed by atoms with van der Waals surface area (Å²) in [5.74, 6) is 0. The van der Waals surface area contributed by atoms with E-state index >= 15 is 0 Å². The van der Waals surface area contributed by atoms with Crippen LogP contribution in [0.25, 0.3) is 0 Å². The number of aliphatic hydroxyl groups excluding tert-OH is 1. The molecule has 1 fully saturated rings. The van der Waals surface area contributed by atoms with E-state index in [0.29, 0.717) is 19.6 Å². The summed E-state index contributed by atoms with van der Waals surface area (Å²) in [6.07, 6.45) is 1.22. The molecule has 1 aliphatic heterocycles. The molecule has 0 saturated carbocycles. The molecule has 0 aliphatic carbocycles. The number of amides is 2. The topological polar surface area (TPSA) is 78.6 Å². The highest BCUT2D eigenvalue weighted by molar-refractivity contribution is 5.89.